The molecule has 0 saturated heterocycles. The molecule has 1 aromatic carbocycles. The minimum absolute atomic E-state index is 0.0474. The van der Waals surface area contributed by atoms with Gasteiger partial charge in [-0.25, -0.2) is 18.6 Å². The number of nitrogens with two attached hydrogens (primary N) is 1. The molecule has 0 unspecified atom stereocenters. The van der Waals surface area contributed by atoms with E-state index in [1.54, 1.807) is 0 Å². The molecule has 1 aliphatic rings. The van der Waals surface area contributed by atoms with Crippen molar-refractivity contribution >= 4 is 12.0 Å². The van der Waals surface area contributed by atoms with Crippen LogP contribution >= 0.6 is 0 Å². The Morgan fingerprint density at radius 3 is 2.52 bits per heavy atom. The first-order chi connectivity index (χ1) is 14.4. The molecule has 3 N–H and O–H groups in total. The smallest absolute Gasteiger partial charge is 0.407 e. The van der Waals surface area contributed by atoms with Gasteiger partial charge < -0.3 is 15.6 Å². The largest absolute Gasteiger partial charge is 0.472 e. The van der Waals surface area contributed by atoms with Crippen molar-refractivity contribution in [2.45, 2.75) is 25.1 Å². The Morgan fingerprint density at radius 2 is 1.94 bits per heavy atom. The molecule has 2 amide bonds. The summed E-state index contributed by atoms with van der Waals surface area (Å²) < 4.78 is 71.1. The molecule has 2 aromatic rings. The van der Waals surface area contributed by atoms with Crippen molar-refractivity contribution in [2.24, 2.45) is 5.73 Å². The molecule has 7 nitrogen and oxygen atoms in total. The summed E-state index contributed by atoms with van der Waals surface area (Å²) in [6, 6.07) is 4.05. The van der Waals surface area contributed by atoms with Crippen LogP contribution in [-0.4, -0.2) is 52.4 Å². The van der Waals surface area contributed by atoms with E-state index in [-0.39, 0.29) is 40.4 Å². The zero-order valence-electron chi connectivity index (χ0n) is 15.7. The van der Waals surface area contributed by atoms with Crippen molar-refractivity contribution in [1.29, 1.82) is 0 Å². The fourth-order valence-corrected chi connectivity index (χ4v) is 3.28. The lowest BCUT2D eigenvalue weighted by Gasteiger charge is -2.31. The third kappa shape index (κ3) is 5.19. The molecule has 0 aliphatic carbocycles. The number of amides is 2. The Balaban J connectivity index is 1.96. The third-order valence-corrected chi connectivity index (χ3v) is 4.62. The van der Waals surface area contributed by atoms with Gasteiger partial charge in [-0.1, -0.05) is 0 Å². The quantitative estimate of drug-likeness (QED) is 0.687. The number of carbonyl (C=O) groups is 2. The lowest BCUT2D eigenvalue weighted by Crippen LogP contribution is -2.45. The van der Waals surface area contributed by atoms with Gasteiger partial charge in [-0.05, 0) is 36.6 Å². The first-order valence-electron chi connectivity index (χ1n) is 8.95. The lowest BCUT2D eigenvalue weighted by molar-refractivity contribution is -0.143. The SMILES string of the molecule is NC(=O)c1cc(-c2ccc(F)cc2F)c2c(n1)O[C@@H](CN(CC(F)(F)F)C(=O)O)CC2. The zero-order chi connectivity index (χ0) is 22.9. The van der Waals surface area contributed by atoms with E-state index in [0.717, 1.165) is 12.1 Å². The summed E-state index contributed by atoms with van der Waals surface area (Å²) in [5.74, 6) is -2.87. The molecule has 1 atom stereocenters. The summed E-state index contributed by atoms with van der Waals surface area (Å²) >= 11 is 0. The number of ether oxygens (including phenoxy) is 1. The predicted molar refractivity (Wildman–Crippen MR) is 96.5 cm³/mol. The van der Waals surface area contributed by atoms with Crippen LogP contribution in [0.1, 0.15) is 22.5 Å². The monoisotopic (exact) mass is 445 g/mol. The molecule has 31 heavy (non-hydrogen) atoms. The molecule has 2 heterocycles. The minimum atomic E-state index is -4.74. The summed E-state index contributed by atoms with van der Waals surface area (Å²) in [6.07, 6.45) is -7.28. The maximum absolute atomic E-state index is 14.3. The number of aromatic nitrogens is 1. The van der Waals surface area contributed by atoms with Crippen LogP contribution in [0.4, 0.5) is 26.7 Å². The molecular weight excluding hydrogens is 429 g/mol. The molecule has 0 spiro atoms. The van der Waals surface area contributed by atoms with E-state index in [2.05, 4.69) is 4.98 Å². The number of benzene rings is 1. The predicted octanol–water partition coefficient (Wildman–Crippen LogP) is 3.36. The number of primary amides is 1. The standard InChI is InChI=1S/C19H16F5N3O4/c20-9-1-3-11(14(21)5-9)13-6-15(16(25)28)26-17-12(13)4-2-10(31-17)7-27(18(29)30)8-19(22,23)24/h1,3,5-6,10H,2,4,7-8H2,(H2,25,28)(H,29,30)/t10-/m1/s1. The van der Waals surface area contributed by atoms with Crippen molar-refractivity contribution in [3.63, 3.8) is 0 Å². The molecule has 0 saturated carbocycles. The Kier molecular flexibility index (Phi) is 6.00. The topological polar surface area (TPSA) is 106 Å². The second kappa shape index (κ2) is 8.36. The van der Waals surface area contributed by atoms with Crippen LogP contribution in [0.3, 0.4) is 0 Å². The summed E-state index contributed by atoms with van der Waals surface area (Å²) in [4.78, 5) is 26.9. The highest BCUT2D eigenvalue weighted by Gasteiger charge is 2.36. The van der Waals surface area contributed by atoms with E-state index < -0.39 is 49.0 Å². The van der Waals surface area contributed by atoms with Gasteiger partial charge in [0.1, 0.15) is 30.0 Å². The van der Waals surface area contributed by atoms with Crippen molar-refractivity contribution < 1.29 is 41.4 Å². The molecular formula is C19H16F5N3O4. The van der Waals surface area contributed by atoms with Crippen molar-refractivity contribution in [3.8, 4) is 17.0 Å². The number of halogens is 5. The van der Waals surface area contributed by atoms with Crippen molar-refractivity contribution in [3.05, 3.63) is 47.2 Å². The Hall–Kier alpha value is -3.44. The van der Waals surface area contributed by atoms with Gasteiger partial charge in [0, 0.05) is 17.2 Å². The van der Waals surface area contributed by atoms with Crippen LogP contribution in [0.5, 0.6) is 5.88 Å². The maximum atomic E-state index is 14.3. The van der Waals surface area contributed by atoms with Gasteiger partial charge in [-0.3, -0.25) is 9.69 Å². The van der Waals surface area contributed by atoms with Crippen LogP contribution in [-0.2, 0) is 6.42 Å². The number of fused-ring (bicyclic) bond motifs is 1. The molecule has 1 aliphatic heterocycles. The number of rotatable bonds is 5. The van der Waals surface area contributed by atoms with E-state index in [1.807, 2.05) is 0 Å². The molecule has 0 fully saturated rings. The number of pyridine rings is 1. The first-order valence-corrected chi connectivity index (χ1v) is 8.95. The number of hydrogen-bond donors (Lipinski definition) is 2. The van der Waals surface area contributed by atoms with E-state index in [4.69, 9.17) is 15.6 Å². The van der Waals surface area contributed by atoms with Crippen LogP contribution in [0.2, 0.25) is 0 Å². The highest BCUT2D eigenvalue weighted by molar-refractivity contribution is 5.93. The fourth-order valence-electron chi connectivity index (χ4n) is 3.28. The summed E-state index contributed by atoms with van der Waals surface area (Å²) in [5, 5.41) is 9.05. The number of nitrogens with zero attached hydrogens (tertiary/aromatic N) is 2. The normalized spacial score (nSPS) is 15.7. The molecule has 12 heteroatoms. The molecule has 1 aromatic heterocycles. The van der Waals surface area contributed by atoms with Gasteiger partial charge in [0.2, 0.25) is 5.88 Å². The van der Waals surface area contributed by atoms with Crippen molar-refractivity contribution in [2.75, 3.05) is 13.1 Å². The molecule has 0 radical (unpaired) electrons. The third-order valence-electron chi connectivity index (χ3n) is 4.62. The molecule has 3 rings (SSSR count). The summed E-state index contributed by atoms with van der Waals surface area (Å²) in [6.45, 7) is -2.28. The van der Waals surface area contributed by atoms with Crippen LogP contribution in [0.25, 0.3) is 11.1 Å². The fraction of sp³-hybridized carbons (Fsp3) is 0.316. The summed E-state index contributed by atoms with van der Waals surface area (Å²) in [5.41, 5.74) is 5.41. The van der Waals surface area contributed by atoms with E-state index in [0.29, 0.717) is 11.6 Å². The van der Waals surface area contributed by atoms with Gasteiger partial charge >= 0.3 is 12.3 Å². The maximum Gasteiger partial charge on any atom is 0.407 e. The Morgan fingerprint density at radius 1 is 1.23 bits per heavy atom. The molecule has 0 bridgehead atoms. The van der Waals surface area contributed by atoms with Gasteiger partial charge in [0.25, 0.3) is 5.91 Å². The van der Waals surface area contributed by atoms with Gasteiger partial charge in [0.15, 0.2) is 0 Å². The van der Waals surface area contributed by atoms with Crippen LogP contribution in [0.15, 0.2) is 24.3 Å². The average Bonchev–Trinajstić information content (AvgIpc) is 2.65. The summed E-state index contributed by atoms with van der Waals surface area (Å²) in [7, 11) is 0. The van der Waals surface area contributed by atoms with E-state index >= 15 is 0 Å². The second-order valence-electron chi connectivity index (χ2n) is 6.88. The number of hydrogen-bond acceptors (Lipinski definition) is 4. The van der Waals surface area contributed by atoms with Gasteiger partial charge in [0.05, 0.1) is 6.54 Å². The average molecular weight is 445 g/mol. The second-order valence-corrected chi connectivity index (χ2v) is 6.88. The molecule has 166 valence electrons. The lowest BCUT2D eigenvalue weighted by atomic mass is 9.93. The number of alkyl halides is 3. The van der Waals surface area contributed by atoms with Crippen LogP contribution in [0, 0.1) is 11.6 Å². The number of carbonyl (C=O) groups excluding carboxylic acids is 1. The van der Waals surface area contributed by atoms with E-state index in [9.17, 15) is 31.5 Å². The Labute approximate surface area is 172 Å². The van der Waals surface area contributed by atoms with Crippen LogP contribution < -0.4 is 10.5 Å². The van der Waals surface area contributed by atoms with Crippen molar-refractivity contribution in [1.82, 2.24) is 9.88 Å². The highest BCUT2D eigenvalue weighted by Crippen LogP contribution is 2.37. The Bertz CT molecular complexity index is 1030. The zero-order valence-corrected chi connectivity index (χ0v) is 15.7. The van der Waals surface area contributed by atoms with E-state index in [1.165, 1.54) is 6.07 Å². The highest BCUT2D eigenvalue weighted by atomic mass is 19.4. The van der Waals surface area contributed by atoms with Gasteiger partial charge in [-0.15, -0.1) is 0 Å². The first kappa shape index (κ1) is 22.2. The number of carboxylic acid groups (broad SMARTS) is 1. The minimum Gasteiger partial charge on any atom is -0.472 e. The van der Waals surface area contributed by atoms with Gasteiger partial charge in [-0.2, -0.15) is 13.2 Å².